The van der Waals surface area contributed by atoms with Crippen LogP contribution in [0, 0.1) is 5.82 Å². The van der Waals surface area contributed by atoms with Crippen LogP contribution in [0.15, 0.2) is 12.4 Å². The van der Waals surface area contributed by atoms with E-state index < -0.39 is 5.82 Å². The minimum atomic E-state index is -0.443. The zero-order valence-corrected chi connectivity index (χ0v) is 9.88. The molecule has 0 N–H and O–H groups in total. The van der Waals surface area contributed by atoms with E-state index in [0.29, 0.717) is 19.0 Å². The normalized spacial score (nSPS) is 24.9. The smallest absolute Gasteiger partial charge is 0.225 e. The third-order valence-corrected chi connectivity index (χ3v) is 3.00. The zero-order chi connectivity index (χ0) is 12.4. The van der Waals surface area contributed by atoms with Gasteiger partial charge < -0.3 is 9.80 Å². The fourth-order valence-corrected chi connectivity index (χ4v) is 2.18. The Morgan fingerprint density at radius 1 is 1.29 bits per heavy atom. The highest BCUT2D eigenvalue weighted by Crippen LogP contribution is 2.17. The van der Waals surface area contributed by atoms with Gasteiger partial charge in [-0.1, -0.05) is 0 Å². The second-order valence-electron chi connectivity index (χ2n) is 4.36. The lowest BCUT2D eigenvalue weighted by Crippen LogP contribution is -2.56. The van der Waals surface area contributed by atoms with E-state index in [1.165, 1.54) is 0 Å². The average Bonchev–Trinajstić information content (AvgIpc) is 2.29. The number of hydrogen-bond donors (Lipinski definition) is 0. The van der Waals surface area contributed by atoms with E-state index in [4.69, 9.17) is 0 Å². The molecule has 2 atom stereocenters. The number of carbonyl (C=O) groups is 1. The van der Waals surface area contributed by atoms with Crippen molar-refractivity contribution in [3.8, 4) is 0 Å². The highest BCUT2D eigenvalue weighted by molar-refractivity contribution is 5.50. The Bertz CT molecular complexity index is 385. The van der Waals surface area contributed by atoms with Crippen LogP contribution in [0.5, 0.6) is 0 Å². The zero-order valence-electron chi connectivity index (χ0n) is 9.88. The van der Waals surface area contributed by atoms with Crippen LogP contribution < -0.4 is 4.90 Å². The van der Waals surface area contributed by atoms with Gasteiger partial charge in [-0.15, -0.1) is 0 Å². The Labute approximate surface area is 99.3 Å². The van der Waals surface area contributed by atoms with Gasteiger partial charge >= 0.3 is 0 Å². The summed E-state index contributed by atoms with van der Waals surface area (Å²) in [5.41, 5.74) is 0. The van der Waals surface area contributed by atoms with Crippen molar-refractivity contribution in [3.63, 3.8) is 0 Å². The number of rotatable bonds is 2. The molecule has 0 radical (unpaired) electrons. The van der Waals surface area contributed by atoms with Gasteiger partial charge in [-0.05, 0) is 13.8 Å². The SMILES string of the molecule is C[C@@H]1CN(c2ncc(F)cn2)C[C@H](C)N1C=O. The summed E-state index contributed by atoms with van der Waals surface area (Å²) in [7, 11) is 0. The van der Waals surface area contributed by atoms with Crippen LogP contribution in [0.1, 0.15) is 13.8 Å². The number of carbonyl (C=O) groups excluding carboxylic acids is 1. The number of amides is 1. The highest BCUT2D eigenvalue weighted by Gasteiger charge is 2.29. The lowest BCUT2D eigenvalue weighted by molar-refractivity contribution is -0.122. The van der Waals surface area contributed by atoms with E-state index in [0.717, 1.165) is 18.8 Å². The molecule has 1 amide bonds. The number of piperazine rings is 1. The fourth-order valence-electron chi connectivity index (χ4n) is 2.18. The monoisotopic (exact) mass is 238 g/mol. The van der Waals surface area contributed by atoms with E-state index in [1.54, 1.807) is 4.90 Å². The maximum absolute atomic E-state index is 12.7. The van der Waals surface area contributed by atoms with Crippen molar-refractivity contribution in [2.75, 3.05) is 18.0 Å². The molecule has 1 saturated heterocycles. The molecule has 5 nitrogen and oxygen atoms in total. The molecule has 2 rings (SSSR count). The predicted octanol–water partition coefficient (Wildman–Crippen LogP) is 0.671. The second-order valence-corrected chi connectivity index (χ2v) is 4.36. The molecule has 0 bridgehead atoms. The molecule has 1 aromatic rings. The molecule has 1 fully saturated rings. The quantitative estimate of drug-likeness (QED) is 0.711. The molecule has 0 saturated carbocycles. The summed E-state index contributed by atoms with van der Waals surface area (Å²) in [6.45, 7) is 5.27. The third kappa shape index (κ3) is 2.35. The first-order valence-electron chi connectivity index (χ1n) is 5.57. The summed E-state index contributed by atoms with van der Waals surface area (Å²) in [6.07, 6.45) is 3.19. The standard InChI is InChI=1S/C11H15FN4O/c1-8-5-15(6-9(2)16(8)7-17)11-13-3-10(12)4-14-11/h3-4,7-9H,5-6H2,1-2H3/t8-,9+. The Morgan fingerprint density at radius 3 is 2.29 bits per heavy atom. The van der Waals surface area contributed by atoms with Gasteiger partial charge in [0.2, 0.25) is 12.4 Å². The van der Waals surface area contributed by atoms with E-state index >= 15 is 0 Å². The maximum atomic E-state index is 12.7. The van der Waals surface area contributed by atoms with Gasteiger partial charge in [0.05, 0.1) is 12.4 Å². The number of aromatic nitrogens is 2. The summed E-state index contributed by atoms with van der Waals surface area (Å²) < 4.78 is 12.7. The topological polar surface area (TPSA) is 49.3 Å². The molecule has 1 aliphatic rings. The summed E-state index contributed by atoms with van der Waals surface area (Å²) in [5.74, 6) is 0.0667. The van der Waals surface area contributed by atoms with Crippen molar-refractivity contribution < 1.29 is 9.18 Å². The third-order valence-electron chi connectivity index (χ3n) is 3.00. The molecule has 0 aromatic carbocycles. The Balaban J connectivity index is 2.14. The molecule has 1 aliphatic heterocycles. The molecule has 2 heterocycles. The molecular weight excluding hydrogens is 223 g/mol. The number of anilines is 1. The number of hydrogen-bond acceptors (Lipinski definition) is 4. The van der Waals surface area contributed by atoms with E-state index in [1.807, 2.05) is 18.7 Å². The summed E-state index contributed by atoms with van der Waals surface area (Å²) in [4.78, 5) is 22.5. The molecule has 0 unspecified atom stereocenters. The molecule has 1 aromatic heterocycles. The number of nitrogens with zero attached hydrogens (tertiary/aromatic N) is 4. The van der Waals surface area contributed by atoms with Crippen molar-refractivity contribution in [1.82, 2.24) is 14.9 Å². The van der Waals surface area contributed by atoms with Gasteiger partial charge in [0.1, 0.15) is 0 Å². The van der Waals surface area contributed by atoms with Crippen molar-refractivity contribution in [3.05, 3.63) is 18.2 Å². The van der Waals surface area contributed by atoms with Crippen molar-refractivity contribution in [2.45, 2.75) is 25.9 Å². The Morgan fingerprint density at radius 2 is 1.82 bits per heavy atom. The average molecular weight is 238 g/mol. The Kier molecular flexibility index (Phi) is 3.21. The number of halogens is 1. The first-order valence-corrected chi connectivity index (χ1v) is 5.57. The molecule has 92 valence electrons. The highest BCUT2D eigenvalue weighted by atomic mass is 19.1. The molecule has 6 heteroatoms. The minimum Gasteiger partial charge on any atom is -0.337 e. The van der Waals surface area contributed by atoms with Gasteiger partial charge in [-0.25, -0.2) is 14.4 Å². The van der Waals surface area contributed by atoms with Crippen molar-refractivity contribution in [1.29, 1.82) is 0 Å². The van der Waals surface area contributed by atoms with Crippen molar-refractivity contribution in [2.24, 2.45) is 0 Å². The first-order chi connectivity index (χ1) is 8.11. The molecular formula is C11H15FN4O. The lowest BCUT2D eigenvalue weighted by atomic mass is 10.1. The fraction of sp³-hybridized carbons (Fsp3) is 0.545. The van der Waals surface area contributed by atoms with Gasteiger partial charge in [-0.2, -0.15) is 0 Å². The van der Waals surface area contributed by atoms with Crippen LogP contribution in [0.25, 0.3) is 0 Å². The van der Waals surface area contributed by atoms with Crippen LogP contribution in [-0.4, -0.2) is 46.5 Å². The summed E-state index contributed by atoms with van der Waals surface area (Å²) >= 11 is 0. The first kappa shape index (κ1) is 11.8. The van der Waals surface area contributed by atoms with E-state index in [2.05, 4.69) is 9.97 Å². The van der Waals surface area contributed by atoms with Gasteiger partial charge in [-0.3, -0.25) is 4.79 Å². The van der Waals surface area contributed by atoms with Crippen LogP contribution in [-0.2, 0) is 4.79 Å². The molecule has 0 spiro atoms. The second kappa shape index (κ2) is 4.65. The minimum absolute atomic E-state index is 0.102. The lowest BCUT2D eigenvalue weighted by Gasteiger charge is -2.42. The Hall–Kier alpha value is -1.72. The summed E-state index contributed by atoms with van der Waals surface area (Å²) in [5, 5.41) is 0. The maximum Gasteiger partial charge on any atom is 0.225 e. The van der Waals surface area contributed by atoms with Gasteiger partial charge in [0.25, 0.3) is 0 Å². The molecule has 17 heavy (non-hydrogen) atoms. The van der Waals surface area contributed by atoms with Gasteiger partial charge in [0.15, 0.2) is 5.82 Å². The summed E-state index contributed by atoms with van der Waals surface area (Å²) in [6, 6.07) is 0.204. The largest absolute Gasteiger partial charge is 0.337 e. The van der Waals surface area contributed by atoms with Crippen molar-refractivity contribution >= 4 is 12.4 Å². The van der Waals surface area contributed by atoms with E-state index in [9.17, 15) is 9.18 Å². The molecule has 0 aliphatic carbocycles. The predicted molar refractivity (Wildman–Crippen MR) is 61.0 cm³/mol. The van der Waals surface area contributed by atoms with Crippen LogP contribution in [0.2, 0.25) is 0 Å². The van der Waals surface area contributed by atoms with Crippen LogP contribution in [0.3, 0.4) is 0 Å². The van der Waals surface area contributed by atoms with Crippen LogP contribution >= 0.6 is 0 Å². The van der Waals surface area contributed by atoms with E-state index in [-0.39, 0.29) is 12.1 Å². The van der Waals surface area contributed by atoms with Crippen LogP contribution in [0.4, 0.5) is 10.3 Å². The van der Waals surface area contributed by atoms with Gasteiger partial charge in [0, 0.05) is 25.2 Å².